The summed E-state index contributed by atoms with van der Waals surface area (Å²) in [6.45, 7) is 11.2. The molecule has 0 spiro atoms. The van der Waals surface area contributed by atoms with E-state index in [0.717, 1.165) is 88.6 Å². The van der Waals surface area contributed by atoms with Crippen LogP contribution in [0.3, 0.4) is 0 Å². The number of aliphatic carboxylic acids is 1. The Kier molecular flexibility index (Phi) is 13.9. The van der Waals surface area contributed by atoms with Crippen molar-refractivity contribution >= 4 is 28.6 Å². The van der Waals surface area contributed by atoms with Gasteiger partial charge in [-0.1, -0.05) is 39.5 Å². The maximum absolute atomic E-state index is 12.2. The van der Waals surface area contributed by atoms with Crippen molar-refractivity contribution in [2.24, 2.45) is 5.92 Å². The van der Waals surface area contributed by atoms with E-state index in [1.165, 1.54) is 28.6 Å². The van der Waals surface area contributed by atoms with Crippen molar-refractivity contribution in [3.63, 3.8) is 0 Å². The fourth-order valence-electron chi connectivity index (χ4n) is 5.35. The Bertz CT molecular complexity index is 1250. The van der Waals surface area contributed by atoms with Crippen LogP contribution in [0.25, 0.3) is 10.9 Å². The number of urea groups is 1. The molecule has 1 aromatic carbocycles. The molecule has 4 rings (SSSR count). The number of hydrogen-bond donors (Lipinski definition) is 5. The highest BCUT2D eigenvalue weighted by atomic mass is 16.4. The molecule has 42 heavy (non-hydrogen) atoms. The lowest BCUT2D eigenvalue weighted by atomic mass is 9.86. The quantitative estimate of drug-likeness (QED) is 0.126. The van der Waals surface area contributed by atoms with Crippen molar-refractivity contribution in [2.45, 2.75) is 104 Å². The maximum atomic E-state index is 12.2. The lowest BCUT2D eigenvalue weighted by molar-refractivity contribution is -0.137. The highest BCUT2D eigenvalue weighted by Crippen LogP contribution is 2.33. The molecule has 1 unspecified atom stereocenters. The van der Waals surface area contributed by atoms with Gasteiger partial charge in [-0.05, 0) is 101 Å². The van der Waals surface area contributed by atoms with Crippen molar-refractivity contribution < 1.29 is 14.7 Å². The summed E-state index contributed by atoms with van der Waals surface area (Å²) in [4.78, 5) is 25.7. The summed E-state index contributed by atoms with van der Waals surface area (Å²) in [7, 11) is 0. The molecule has 0 aliphatic heterocycles. The van der Waals surface area contributed by atoms with Gasteiger partial charge in [0.05, 0.1) is 6.20 Å². The van der Waals surface area contributed by atoms with E-state index in [1.807, 2.05) is 16.9 Å². The number of anilines is 1. The second-order valence-electron chi connectivity index (χ2n) is 11.8. The van der Waals surface area contributed by atoms with Crippen LogP contribution < -0.4 is 16.0 Å². The molecule has 0 bridgehead atoms. The Balaban J connectivity index is 0.000000531. The Morgan fingerprint density at radius 1 is 1.12 bits per heavy atom. The molecule has 1 aliphatic rings. The molecule has 2 amide bonds. The molecule has 2 heterocycles. The highest BCUT2D eigenvalue weighted by Gasteiger charge is 2.22. The summed E-state index contributed by atoms with van der Waals surface area (Å²) in [6.07, 6.45) is 15.1. The summed E-state index contributed by atoms with van der Waals surface area (Å²) in [5.74, 6) is -0.0539. The number of aromatic amines is 1. The SMILES string of the molecule is CCCCCC(=O)O.CCCCCNC(=O)Nc1ccc2[nH]c3c(c2c1)CC(CNCCc1cnn(C(C)C)c1)CC3. The van der Waals surface area contributed by atoms with Gasteiger partial charge in [0.25, 0.3) is 0 Å². The number of carboxylic acid groups (broad SMARTS) is 1. The standard InChI is InChI=1S/C27H40N6O.C6H12O2/c1-4-5-6-12-29-27(34)31-22-8-10-26-24(15-22)23-14-20(7-9-25(23)32-26)16-28-13-11-21-17-30-33(18-21)19(2)3;1-2-3-4-5-6(7)8/h8,10,15,17-20,28,32H,4-7,9,11-14,16H2,1-3H3,(H2,29,31,34);2-5H2,1H3,(H,7,8). The first-order valence-corrected chi connectivity index (χ1v) is 15.9. The lowest BCUT2D eigenvalue weighted by Crippen LogP contribution is -2.29. The molecule has 0 saturated heterocycles. The van der Waals surface area contributed by atoms with Crippen molar-refractivity contribution in [3.05, 3.63) is 47.4 Å². The van der Waals surface area contributed by atoms with Gasteiger partial charge >= 0.3 is 12.0 Å². The summed E-state index contributed by atoms with van der Waals surface area (Å²) in [6, 6.07) is 6.48. The first-order valence-electron chi connectivity index (χ1n) is 15.9. The number of H-pyrrole nitrogens is 1. The number of aromatic nitrogens is 3. The minimum atomic E-state index is -0.682. The van der Waals surface area contributed by atoms with E-state index in [9.17, 15) is 9.59 Å². The number of carbonyl (C=O) groups excluding carboxylic acids is 1. The van der Waals surface area contributed by atoms with Gasteiger partial charge in [0.15, 0.2) is 0 Å². The summed E-state index contributed by atoms with van der Waals surface area (Å²) < 4.78 is 2.02. The lowest BCUT2D eigenvalue weighted by Gasteiger charge is -2.23. The number of fused-ring (bicyclic) bond motifs is 3. The van der Waals surface area contributed by atoms with E-state index in [0.29, 0.717) is 18.4 Å². The largest absolute Gasteiger partial charge is 0.481 e. The Labute approximate surface area is 251 Å². The highest BCUT2D eigenvalue weighted by molar-refractivity contribution is 5.94. The third kappa shape index (κ3) is 10.8. The molecule has 2 aromatic heterocycles. The van der Waals surface area contributed by atoms with E-state index >= 15 is 0 Å². The van der Waals surface area contributed by atoms with Gasteiger partial charge in [0.2, 0.25) is 0 Å². The van der Waals surface area contributed by atoms with Crippen LogP contribution in [0, 0.1) is 5.92 Å². The van der Waals surface area contributed by atoms with Crippen LogP contribution >= 0.6 is 0 Å². The number of nitrogens with one attached hydrogen (secondary N) is 4. The number of aryl methyl sites for hydroxylation is 1. The van der Waals surface area contributed by atoms with E-state index < -0.39 is 5.97 Å². The van der Waals surface area contributed by atoms with Gasteiger partial charge in [0, 0.05) is 47.5 Å². The van der Waals surface area contributed by atoms with Crippen molar-refractivity contribution in [2.75, 3.05) is 25.0 Å². The first-order chi connectivity index (χ1) is 20.3. The van der Waals surface area contributed by atoms with Gasteiger partial charge in [-0.15, -0.1) is 0 Å². The molecule has 5 N–H and O–H groups in total. The third-order valence-corrected chi connectivity index (χ3v) is 7.82. The zero-order chi connectivity index (χ0) is 30.3. The average molecular weight is 581 g/mol. The van der Waals surface area contributed by atoms with Crippen LogP contribution in [0.15, 0.2) is 30.6 Å². The molecule has 3 aromatic rings. The van der Waals surface area contributed by atoms with E-state index in [2.05, 4.69) is 72.1 Å². The van der Waals surface area contributed by atoms with Crippen LogP contribution in [0.5, 0.6) is 0 Å². The van der Waals surface area contributed by atoms with Crippen LogP contribution in [0.4, 0.5) is 10.5 Å². The molecule has 0 fully saturated rings. The second kappa shape index (κ2) is 17.6. The molecule has 9 nitrogen and oxygen atoms in total. The van der Waals surface area contributed by atoms with Crippen molar-refractivity contribution in [3.8, 4) is 0 Å². The van der Waals surface area contributed by atoms with Gasteiger partial charge in [-0.25, -0.2) is 4.79 Å². The number of benzene rings is 1. The summed E-state index contributed by atoms with van der Waals surface area (Å²) >= 11 is 0. The van der Waals surface area contributed by atoms with Crippen LogP contribution in [0.1, 0.15) is 102 Å². The van der Waals surface area contributed by atoms with E-state index in [-0.39, 0.29) is 6.03 Å². The van der Waals surface area contributed by atoms with E-state index in [4.69, 9.17) is 5.11 Å². The zero-order valence-corrected chi connectivity index (χ0v) is 26.1. The molecule has 9 heteroatoms. The predicted octanol–water partition coefficient (Wildman–Crippen LogP) is 6.85. The number of unbranched alkanes of at least 4 members (excludes halogenated alkanes) is 4. The molecule has 1 atom stereocenters. The molecular formula is C33H52N6O3. The topological polar surface area (TPSA) is 124 Å². The fraction of sp³-hybridized carbons (Fsp3) is 0.606. The van der Waals surface area contributed by atoms with Crippen molar-refractivity contribution in [1.82, 2.24) is 25.4 Å². The summed E-state index contributed by atoms with van der Waals surface area (Å²) in [5, 5.41) is 23.4. The average Bonchev–Trinajstić information content (AvgIpc) is 3.59. The monoisotopic (exact) mass is 580 g/mol. The Morgan fingerprint density at radius 3 is 2.62 bits per heavy atom. The third-order valence-electron chi connectivity index (χ3n) is 7.82. The molecular weight excluding hydrogens is 528 g/mol. The molecule has 0 radical (unpaired) electrons. The number of hydrogen-bond acceptors (Lipinski definition) is 4. The number of carbonyl (C=O) groups is 2. The first kappa shape index (κ1) is 33.2. The number of amides is 2. The fourth-order valence-corrected chi connectivity index (χ4v) is 5.35. The zero-order valence-electron chi connectivity index (χ0n) is 26.1. The Morgan fingerprint density at radius 2 is 1.90 bits per heavy atom. The second-order valence-corrected chi connectivity index (χ2v) is 11.8. The van der Waals surface area contributed by atoms with Gasteiger partial charge < -0.3 is 26.0 Å². The van der Waals surface area contributed by atoms with Gasteiger partial charge in [0.1, 0.15) is 0 Å². The van der Waals surface area contributed by atoms with Crippen LogP contribution in [0.2, 0.25) is 0 Å². The Hall–Kier alpha value is -3.33. The van der Waals surface area contributed by atoms with E-state index in [1.54, 1.807) is 0 Å². The normalized spacial score (nSPS) is 14.4. The van der Waals surface area contributed by atoms with Gasteiger partial charge in [-0.2, -0.15) is 5.10 Å². The number of rotatable bonds is 15. The minimum absolute atomic E-state index is 0.124. The molecule has 0 saturated carbocycles. The van der Waals surface area contributed by atoms with Gasteiger partial charge in [-0.3, -0.25) is 9.48 Å². The van der Waals surface area contributed by atoms with Crippen LogP contribution in [-0.4, -0.2) is 51.5 Å². The molecule has 1 aliphatic carbocycles. The predicted molar refractivity (Wildman–Crippen MR) is 171 cm³/mol. The maximum Gasteiger partial charge on any atom is 0.319 e. The minimum Gasteiger partial charge on any atom is -0.481 e. The van der Waals surface area contributed by atoms with Crippen molar-refractivity contribution in [1.29, 1.82) is 0 Å². The number of carboxylic acids is 1. The van der Waals surface area contributed by atoms with Crippen LogP contribution in [-0.2, 0) is 24.1 Å². The summed E-state index contributed by atoms with van der Waals surface area (Å²) in [5.41, 5.74) is 6.07. The number of nitrogens with zero attached hydrogens (tertiary/aromatic N) is 2. The smallest absolute Gasteiger partial charge is 0.319 e. The molecule has 232 valence electrons.